The molecule has 0 atom stereocenters. The van der Waals surface area contributed by atoms with Gasteiger partial charge in [0.15, 0.2) is 5.13 Å². The lowest BCUT2D eigenvalue weighted by molar-refractivity contribution is -0.115. The summed E-state index contributed by atoms with van der Waals surface area (Å²) in [4.78, 5) is 42.0. The molecule has 1 aromatic carbocycles. The monoisotopic (exact) mass is 445 g/mol. The van der Waals surface area contributed by atoms with E-state index in [4.69, 9.17) is 0 Å². The Bertz CT molecular complexity index is 1310. The van der Waals surface area contributed by atoms with Crippen molar-refractivity contribution in [3.8, 4) is 11.4 Å². The number of carbonyl (C=O) groups excluding carboxylic acids is 1. The summed E-state index contributed by atoms with van der Waals surface area (Å²) in [5, 5.41) is 3.36. The largest absolute Gasteiger partial charge is 0.306 e. The number of nitrogens with one attached hydrogen (secondary N) is 2. The van der Waals surface area contributed by atoms with Crippen LogP contribution in [0.1, 0.15) is 33.0 Å². The molecule has 3 heterocycles. The summed E-state index contributed by atoms with van der Waals surface area (Å²) in [6.45, 7) is 5.72. The molecular weight excluding hydrogens is 422 g/mol. The van der Waals surface area contributed by atoms with Crippen molar-refractivity contribution in [3.63, 3.8) is 0 Å². The maximum absolute atomic E-state index is 12.6. The van der Waals surface area contributed by atoms with E-state index in [1.165, 1.54) is 22.5 Å². The minimum atomic E-state index is -0.332. The van der Waals surface area contributed by atoms with Crippen LogP contribution in [-0.2, 0) is 17.6 Å². The lowest BCUT2D eigenvalue weighted by Gasteiger charge is -2.07. The summed E-state index contributed by atoms with van der Waals surface area (Å²) in [5.41, 5.74) is 4.53. The molecule has 2 N–H and O–H groups in total. The zero-order valence-corrected chi connectivity index (χ0v) is 18.9. The molecule has 0 bridgehead atoms. The molecule has 0 aliphatic heterocycles. The number of nitrogens with zero attached hydrogens (tertiary/aromatic N) is 3. The van der Waals surface area contributed by atoms with Crippen LogP contribution in [0.15, 0.2) is 53.6 Å². The number of rotatable bonds is 6. The molecule has 162 valence electrons. The van der Waals surface area contributed by atoms with Crippen molar-refractivity contribution < 1.29 is 4.79 Å². The van der Waals surface area contributed by atoms with E-state index in [0.717, 1.165) is 17.0 Å². The van der Waals surface area contributed by atoms with Crippen molar-refractivity contribution in [1.82, 2.24) is 19.9 Å². The normalized spacial score (nSPS) is 10.8. The van der Waals surface area contributed by atoms with Crippen molar-refractivity contribution in [1.29, 1.82) is 0 Å². The Morgan fingerprint density at radius 3 is 2.53 bits per heavy atom. The SMILES string of the molecule is Cc1ccc(Cc2sc(NC(=O)Cc3c(C)nc(-c4cccnc4)[nH]c3=O)nc2C)cc1. The topological polar surface area (TPSA) is 101 Å². The highest BCUT2D eigenvalue weighted by atomic mass is 32.1. The van der Waals surface area contributed by atoms with Gasteiger partial charge in [-0.2, -0.15) is 0 Å². The average molecular weight is 446 g/mol. The quantitative estimate of drug-likeness (QED) is 0.467. The van der Waals surface area contributed by atoms with Gasteiger partial charge in [0.05, 0.1) is 12.1 Å². The number of pyridine rings is 1. The predicted molar refractivity (Wildman–Crippen MR) is 126 cm³/mol. The van der Waals surface area contributed by atoms with Gasteiger partial charge in [-0.1, -0.05) is 29.8 Å². The van der Waals surface area contributed by atoms with Crippen molar-refractivity contribution in [2.24, 2.45) is 0 Å². The van der Waals surface area contributed by atoms with Crippen molar-refractivity contribution in [3.05, 3.63) is 92.1 Å². The van der Waals surface area contributed by atoms with Gasteiger partial charge in [-0.3, -0.25) is 14.6 Å². The van der Waals surface area contributed by atoms with Crippen LogP contribution in [0, 0.1) is 20.8 Å². The predicted octanol–water partition coefficient (Wildman–Crippen LogP) is 3.99. The molecule has 4 aromatic rings. The zero-order chi connectivity index (χ0) is 22.7. The minimum absolute atomic E-state index is 0.0760. The number of H-pyrrole nitrogens is 1. The van der Waals surface area contributed by atoms with Crippen LogP contribution < -0.4 is 10.9 Å². The van der Waals surface area contributed by atoms with E-state index < -0.39 is 0 Å². The standard InChI is InChI=1S/C24H23N5O2S/c1-14-6-8-17(9-7-14)11-20-16(3)27-24(32-20)28-21(30)12-19-15(2)26-22(29-23(19)31)18-5-4-10-25-13-18/h4-10,13H,11-12H2,1-3H3,(H,26,29,31)(H,27,28,30). The Hall–Kier alpha value is -3.65. The molecule has 0 aliphatic carbocycles. The van der Waals surface area contributed by atoms with Crippen LogP contribution in [0.25, 0.3) is 11.4 Å². The molecule has 0 unspecified atom stereocenters. The fraction of sp³-hybridized carbons (Fsp3) is 0.208. The third-order valence-electron chi connectivity index (χ3n) is 5.12. The lowest BCUT2D eigenvalue weighted by atomic mass is 10.1. The van der Waals surface area contributed by atoms with Gasteiger partial charge in [0, 0.05) is 40.5 Å². The third kappa shape index (κ3) is 4.97. The van der Waals surface area contributed by atoms with Gasteiger partial charge >= 0.3 is 0 Å². The van der Waals surface area contributed by atoms with E-state index in [-0.39, 0.29) is 17.9 Å². The lowest BCUT2D eigenvalue weighted by Crippen LogP contribution is -2.23. The average Bonchev–Trinajstić information content (AvgIpc) is 3.11. The maximum Gasteiger partial charge on any atom is 0.255 e. The Balaban J connectivity index is 1.46. The number of hydrogen-bond donors (Lipinski definition) is 2. The number of aromatic amines is 1. The second-order valence-electron chi connectivity index (χ2n) is 7.64. The Labute approximate surface area is 189 Å². The van der Waals surface area contributed by atoms with Crippen molar-refractivity contribution in [2.45, 2.75) is 33.6 Å². The molecule has 0 saturated carbocycles. The summed E-state index contributed by atoms with van der Waals surface area (Å²) >= 11 is 1.45. The summed E-state index contributed by atoms with van der Waals surface area (Å²) in [6.07, 6.45) is 3.97. The summed E-state index contributed by atoms with van der Waals surface area (Å²) in [6, 6.07) is 12.0. The van der Waals surface area contributed by atoms with E-state index >= 15 is 0 Å². The molecule has 8 heteroatoms. The van der Waals surface area contributed by atoms with Gasteiger partial charge in [0.2, 0.25) is 5.91 Å². The number of hydrogen-bond acceptors (Lipinski definition) is 6. The van der Waals surface area contributed by atoms with Gasteiger partial charge in [0.25, 0.3) is 5.56 Å². The van der Waals surface area contributed by atoms with Gasteiger partial charge < -0.3 is 10.3 Å². The summed E-state index contributed by atoms with van der Waals surface area (Å²) in [7, 11) is 0. The Kier molecular flexibility index (Phi) is 6.23. The smallest absolute Gasteiger partial charge is 0.255 e. The highest BCUT2D eigenvalue weighted by molar-refractivity contribution is 7.15. The highest BCUT2D eigenvalue weighted by Gasteiger charge is 2.16. The van der Waals surface area contributed by atoms with E-state index in [9.17, 15) is 9.59 Å². The number of thiazole rings is 1. The number of aryl methyl sites for hydroxylation is 3. The Morgan fingerprint density at radius 2 is 1.84 bits per heavy atom. The fourth-order valence-corrected chi connectivity index (χ4v) is 4.33. The molecule has 0 aliphatic rings. The number of anilines is 1. The summed E-state index contributed by atoms with van der Waals surface area (Å²) in [5.74, 6) is 0.131. The number of benzene rings is 1. The first-order valence-corrected chi connectivity index (χ1v) is 11.0. The van der Waals surface area contributed by atoms with E-state index in [1.807, 2.05) is 13.0 Å². The molecule has 0 radical (unpaired) electrons. The van der Waals surface area contributed by atoms with E-state index in [1.54, 1.807) is 25.4 Å². The van der Waals surface area contributed by atoms with Crippen LogP contribution >= 0.6 is 11.3 Å². The van der Waals surface area contributed by atoms with Crippen LogP contribution in [0.5, 0.6) is 0 Å². The minimum Gasteiger partial charge on any atom is -0.306 e. The maximum atomic E-state index is 12.6. The first-order chi connectivity index (χ1) is 15.4. The number of amides is 1. The summed E-state index contributed by atoms with van der Waals surface area (Å²) < 4.78 is 0. The van der Waals surface area contributed by atoms with Crippen molar-refractivity contribution in [2.75, 3.05) is 5.32 Å². The molecular formula is C24H23N5O2S. The van der Waals surface area contributed by atoms with E-state index in [2.05, 4.69) is 56.4 Å². The van der Waals surface area contributed by atoms with Gasteiger partial charge in [0.1, 0.15) is 5.82 Å². The second kappa shape index (κ2) is 9.23. The van der Waals surface area contributed by atoms with Gasteiger partial charge in [-0.25, -0.2) is 9.97 Å². The molecule has 1 amide bonds. The Morgan fingerprint density at radius 1 is 1.06 bits per heavy atom. The fourth-order valence-electron chi connectivity index (χ4n) is 3.32. The van der Waals surface area contributed by atoms with Crippen molar-refractivity contribution >= 4 is 22.4 Å². The van der Waals surface area contributed by atoms with Gasteiger partial charge in [-0.15, -0.1) is 11.3 Å². The third-order valence-corrected chi connectivity index (χ3v) is 6.19. The molecule has 0 fully saturated rings. The first-order valence-electron chi connectivity index (χ1n) is 10.2. The molecule has 0 spiro atoms. The highest BCUT2D eigenvalue weighted by Crippen LogP contribution is 2.25. The molecule has 0 saturated heterocycles. The molecule has 32 heavy (non-hydrogen) atoms. The second-order valence-corrected chi connectivity index (χ2v) is 8.72. The van der Waals surface area contributed by atoms with Gasteiger partial charge in [-0.05, 0) is 38.5 Å². The zero-order valence-electron chi connectivity index (χ0n) is 18.1. The molecule has 7 nitrogen and oxygen atoms in total. The molecule has 4 rings (SSSR count). The van der Waals surface area contributed by atoms with Crippen LogP contribution in [0.2, 0.25) is 0 Å². The van der Waals surface area contributed by atoms with Crippen LogP contribution in [-0.4, -0.2) is 25.8 Å². The van der Waals surface area contributed by atoms with Crippen LogP contribution in [0.4, 0.5) is 5.13 Å². The number of carbonyl (C=O) groups is 1. The number of aromatic nitrogens is 4. The molecule has 3 aromatic heterocycles. The van der Waals surface area contributed by atoms with Crippen LogP contribution in [0.3, 0.4) is 0 Å². The first kappa shape index (κ1) is 21.6. The van der Waals surface area contributed by atoms with E-state index in [0.29, 0.717) is 27.8 Å².